The molecule has 34 heavy (non-hydrogen) atoms. The summed E-state index contributed by atoms with van der Waals surface area (Å²) in [6.07, 6.45) is 1.85. The standard InChI is InChI=1S/C26H23N3O4S/c1-17-23-15-19(21-14-20-4-2-3-5-24(20)28-16-21)8-11-25(23)33-13-12-29(17)26(30)18-6-9-22(10-7-18)34(27,31)32/h2-11,14-17H,12-13H2,1H3,(H2,27,31,32). The first-order chi connectivity index (χ1) is 16.3. The average Bonchev–Trinajstić information content (AvgIpc) is 3.01. The van der Waals surface area contributed by atoms with Crippen molar-refractivity contribution < 1.29 is 17.9 Å². The number of primary sulfonamides is 1. The van der Waals surface area contributed by atoms with Crippen LogP contribution in [0.4, 0.5) is 0 Å². The summed E-state index contributed by atoms with van der Waals surface area (Å²) in [4.78, 5) is 19.6. The molecular formula is C26H23N3O4S. The molecule has 2 N–H and O–H groups in total. The van der Waals surface area contributed by atoms with Gasteiger partial charge in [0.05, 0.1) is 23.0 Å². The summed E-state index contributed by atoms with van der Waals surface area (Å²) < 4.78 is 29.0. The number of hydrogen-bond donors (Lipinski definition) is 1. The van der Waals surface area contributed by atoms with Crippen LogP contribution in [0.3, 0.4) is 0 Å². The van der Waals surface area contributed by atoms with E-state index in [-0.39, 0.29) is 16.8 Å². The first-order valence-corrected chi connectivity index (χ1v) is 12.4. The minimum atomic E-state index is -3.82. The van der Waals surface area contributed by atoms with Gasteiger partial charge in [-0.05, 0) is 61.0 Å². The Kier molecular flexibility index (Phi) is 5.55. The van der Waals surface area contributed by atoms with E-state index in [0.717, 1.165) is 33.3 Å². The van der Waals surface area contributed by atoms with Crippen molar-refractivity contribution in [3.05, 3.63) is 90.1 Å². The van der Waals surface area contributed by atoms with E-state index in [1.165, 1.54) is 24.3 Å². The third-order valence-electron chi connectivity index (χ3n) is 6.13. The molecule has 2 heterocycles. The molecule has 1 aromatic heterocycles. The lowest BCUT2D eigenvalue weighted by atomic mass is 9.98. The smallest absolute Gasteiger partial charge is 0.254 e. The second-order valence-corrected chi connectivity index (χ2v) is 9.82. The van der Waals surface area contributed by atoms with Crippen molar-refractivity contribution >= 4 is 26.8 Å². The average molecular weight is 474 g/mol. The van der Waals surface area contributed by atoms with Crippen LogP contribution in [0.25, 0.3) is 22.0 Å². The topological polar surface area (TPSA) is 103 Å². The largest absolute Gasteiger partial charge is 0.491 e. The molecule has 1 atom stereocenters. The molecule has 0 bridgehead atoms. The van der Waals surface area contributed by atoms with Gasteiger partial charge < -0.3 is 9.64 Å². The van der Waals surface area contributed by atoms with Gasteiger partial charge in [-0.3, -0.25) is 9.78 Å². The highest BCUT2D eigenvalue weighted by molar-refractivity contribution is 7.89. The van der Waals surface area contributed by atoms with Gasteiger partial charge in [-0.2, -0.15) is 0 Å². The van der Waals surface area contributed by atoms with Gasteiger partial charge in [-0.1, -0.05) is 24.3 Å². The molecule has 0 fully saturated rings. The number of nitrogens with two attached hydrogens (primary N) is 1. The molecule has 1 unspecified atom stereocenters. The van der Waals surface area contributed by atoms with Crippen molar-refractivity contribution in [2.45, 2.75) is 17.9 Å². The van der Waals surface area contributed by atoms with Crippen LogP contribution >= 0.6 is 0 Å². The highest BCUT2D eigenvalue weighted by Gasteiger charge is 2.28. The fraction of sp³-hybridized carbons (Fsp3) is 0.154. The fourth-order valence-corrected chi connectivity index (χ4v) is 4.78. The summed E-state index contributed by atoms with van der Waals surface area (Å²) in [6, 6.07) is 21.4. The number of fused-ring (bicyclic) bond motifs is 2. The third kappa shape index (κ3) is 4.13. The van der Waals surface area contributed by atoms with E-state index in [4.69, 9.17) is 9.88 Å². The zero-order valence-corrected chi connectivity index (χ0v) is 19.3. The lowest BCUT2D eigenvalue weighted by molar-refractivity contribution is 0.0682. The van der Waals surface area contributed by atoms with Crippen molar-refractivity contribution in [1.82, 2.24) is 9.88 Å². The number of amides is 1. The van der Waals surface area contributed by atoms with E-state index >= 15 is 0 Å². The number of para-hydroxylation sites is 1. The zero-order valence-electron chi connectivity index (χ0n) is 18.5. The maximum absolute atomic E-state index is 13.3. The Hall–Kier alpha value is -3.75. The van der Waals surface area contributed by atoms with E-state index in [9.17, 15) is 13.2 Å². The number of aromatic nitrogens is 1. The summed E-state index contributed by atoms with van der Waals surface area (Å²) in [7, 11) is -3.82. The lowest BCUT2D eigenvalue weighted by Crippen LogP contribution is -2.35. The third-order valence-corrected chi connectivity index (χ3v) is 7.06. The molecule has 1 amide bonds. The molecule has 0 spiro atoms. The molecule has 1 aliphatic heterocycles. The van der Waals surface area contributed by atoms with Crippen LogP contribution in [0, 0.1) is 0 Å². The number of carbonyl (C=O) groups is 1. The monoisotopic (exact) mass is 473 g/mol. The summed E-state index contributed by atoms with van der Waals surface area (Å²) in [6.45, 7) is 2.72. The molecule has 0 aliphatic carbocycles. The fourth-order valence-electron chi connectivity index (χ4n) is 4.26. The predicted molar refractivity (Wildman–Crippen MR) is 130 cm³/mol. The zero-order chi connectivity index (χ0) is 23.9. The summed E-state index contributed by atoms with van der Waals surface area (Å²) in [5, 5.41) is 6.22. The van der Waals surface area contributed by atoms with Gasteiger partial charge >= 0.3 is 0 Å². The van der Waals surface area contributed by atoms with Gasteiger partial charge in [-0.15, -0.1) is 0 Å². The van der Waals surface area contributed by atoms with Crippen LogP contribution in [0.15, 0.2) is 83.9 Å². The van der Waals surface area contributed by atoms with Gasteiger partial charge in [0.25, 0.3) is 5.91 Å². The Balaban J connectivity index is 1.48. The summed E-state index contributed by atoms with van der Waals surface area (Å²) in [5.41, 5.74) is 4.19. The number of rotatable bonds is 3. The van der Waals surface area contributed by atoms with Crippen LogP contribution in [-0.2, 0) is 10.0 Å². The quantitative estimate of drug-likeness (QED) is 0.482. The lowest BCUT2D eigenvalue weighted by Gasteiger charge is -2.27. The molecular weight excluding hydrogens is 450 g/mol. The molecule has 7 nitrogen and oxygen atoms in total. The summed E-state index contributed by atoms with van der Waals surface area (Å²) >= 11 is 0. The van der Waals surface area contributed by atoms with Crippen LogP contribution in [0.1, 0.15) is 28.9 Å². The Morgan fingerprint density at radius 2 is 1.79 bits per heavy atom. The minimum absolute atomic E-state index is 0.0321. The first kappa shape index (κ1) is 22.1. The SMILES string of the molecule is CC1c2cc(-c3cnc4ccccc4c3)ccc2OCCN1C(=O)c1ccc(S(N)(=O)=O)cc1. The number of ether oxygens (including phenoxy) is 1. The molecule has 172 valence electrons. The van der Waals surface area contributed by atoms with Crippen molar-refractivity contribution in [1.29, 1.82) is 0 Å². The van der Waals surface area contributed by atoms with Crippen molar-refractivity contribution in [2.75, 3.05) is 13.2 Å². The van der Waals surface area contributed by atoms with E-state index in [1.54, 1.807) is 4.90 Å². The van der Waals surface area contributed by atoms with Crippen LogP contribution in [0.5, 0.6) is 5.75 Å². The maximum Gasteiger partial charge on any atom is 0.254 e. The Morgan fingerprint density at radius 3 is 2.56 bits per heavy atom. The van der Waals surface area contributed by atoms with E-state index in [2.05, 4.69) is 11.1 Å². The van der Waals surface area contributed by atoms with Crippen molar-refractivity contribution in [3.63, 3.8) is 0 Å². The molecule has 1 aliphatic rings. The number of sulfonamides is 1. The van der Waals surface area contributed by atoms with Gasteiger partial charge in [0.2, 0.25) is 10.0 Å². The Bertz CT molecular complexity index is 1500. The minimum Gasteiger partial charge on any atom is -0.491 e. The number of carbonyl (C=O) groups excluding carboxylic acids is 1. The number of benzene rings is 3. The van der Waals surface area contributed by atoms with E-state index < -0.39 is 10.0 Å². The van der Waals surface area contributed by atoms with E-state index in [0.29, 0.717) is 18.7 Å². The molecule has 5 rings (SSSR count). The van der Waals surface area contributed by atoms with Crippen molar-refractivity contribution in [2.24, 2.45) is 5.14 Å². The Morgan fingerprint density at radius 1 is 1.03 bits per heavy atom. The van der Waals surface area contributed by atoms with Gasteiger partial charge in [-0.25, -0.2) is 13.6 Å². The number of hydrogen-bond acceptors (Lipinski definition) is 5. The van der Waals surface area contributed by atoms with Crippen LogP contribution in [-0.4, -0.2) is 37.4 Å². The molecule has 3 aromatic carbocycles. The van der Waals surface area contributed by atoms with Crippen molar-refractivity contribution in [3.8, 4) is 16.9 Å². The highest BCUT2D eigenvalue weighted by Crippen LogP contribution is 2.36. The summed E-state index contributed by atoms with van der Waals surface area (Å²) in [5.74, 6) is 0.535. The molecule has 4 aromatic rings. The second kappa shape index (κ2) is 8.55. The number of pyridine rings is 1. The van der Waals surface area contributed by atoms with Gasteiger partial charge in [0, 0.05) is 28.3 Å². The first-order valence-electron chi connectivity index (χ1n) is 10.9. The van der Waals surface area contributed by atoms with Crippen LogP contribution < -0.4 is 9.88 Å². The highest BCUT2D eigenvalue weighted by atomic mass is 32.2. The normalized spacial score (nSPS) is 15.9. The second-order valence-electron chi connectivity index (χ2n) is 8.26. The maximum atomic E-state index is 13.3. The van der Waals surface area contributed by atoms with Gasteiger partial charge in [0.1, 0.15) is 12.4 Å². The molecule has 8 heteroatoms. The van der Waals surface area contributed by atoms with E-state index in [1.807, 2.05) is 55.6 Å². The molecule has 0 saturated heterocycles. The molecule has 0 radical (unpaired) electrons. The van der Waals surface area contributed by atoms with Crippen LogP contribution in [0.2, 0.25) is 0 Å². The number of nitrogens with zero attached hydrogens (tertiary/aromatic N) is 2. The Labute approximate surface area is 197 Å². The molecule has 0 saturated carbocycles. The predicted octanol–water partition coefficient (Wildman–Crippen LogP) is 4.15. The van der Waals surface area contributed by atoms with Gasteiger partial charge in [0.15, 0.2) is 0 Å².